The summed E-state index contributed by atoms with van der Waals surface area (Å²) >= 11 is 6.50. The van der Waals surface area contributed by atoms with Gasteiger partial charge in [-0.05, 0) is 18.2 Å². The molecule has 7 nitrogen and oxygen atoms in total. The third-order valence-electron chi connectivity index (χ3n) is 4.77. The second-order valence-corrected chi connectivity index (χ2v) is 7.12. The van der Waals surface area contributed by atoms with E-state index in [0.717, 1.165) is 48.6 Å². The summed E-state index contributed by atoms with van der Waals surface area (Å²) in [5.41, 5.74) is 4.48. The maximum Gasteiger partial charge on any atom is 0.193 e. The van der Waals surface area contributed by atoms with Gasteiger partial charge in [-0.1, -0.05) is 23.7 Å². The molecule has 1 fully saturated rings. The quantitative estimate of drug-likeness (QED) is 0.548. The van der Waals surface area contributed by atoms with Crippen LogP contribution in [0, 0.1) is 0 Å². The van der Waals surface area contributed by atoms with Crippen molar-refractivity contribution in [2.75, 3.05) is 57.6 Å². The van der Waals surface area contributed by atoms with E-state index in [4.69, 9.17) is 35.9 Å². The van der Waals surface area contributed by atoms with Crippen LogP contribution in [-0.2, 0) is 9.47 Å². The number of aliphatic hydroxyl groups is 1. The Morgan fingerprint density at radius 3 is 2.66 bits per heavy atom. The molecular weight excluding hydrogens is 394 g/mol. The number of aromatic amines is 1. The van der Waals surface area contributed by atoms with E-state index in [-0.39, 0.29) is 6.61 Å². The number of H-pyrrole nitrogens is 1. The van der Waals surface area contributed by atoms with Gasteiger partial charge in [0.05, 0.1) is 54.8 Å². The average molecular weight is 418 g/mol. The van der Waals surface area contributed by atoms with E-state index >= 15 is 0 Å². The fourth-order valence-electron chi connectivity index (χ4n) is 3.32. The van der Waals surface area contributed by atoms with Gasteiger partial charge < -0.3 is 29.2 Å². The summed E-state index contributed by atoms with van der Waals surface area (Å²) < 4.78 is 16.3. The molecule has 4 rings (SSSR count). The Morgan fingerprint density at radius 2 is 1.90 bits per heavy atom. The van der Waals surface area contributed by atoms with Crippen LogP contribution in [0.25, 0.3) is 22.3 Å². The number of benzene rings is 1. The first-order valence-corrected chi connectivity index (χ1v) is 10.1. The minimum Gasteiger partial charge on any atom is -0.476 e. The molecule has 8 heteroatoms. The molecule has 154 valence electrons. The molecule has 0 unspecified atom stereocenters. The summed E-state index contributed by atoms with van der Waals surface area (Å²) in [6.07, 6.45) is 0. The molecule has 3 heterocycles. The van der Waals surface area contributed by atoms with Crippen LogP contribution in [-0.4, -0.2) is 67.8 Å². The maximum atomic E-state index is 8.71. The van der Waals surface area contributed by atoms with Gasteiger partial charge in [-0.2, -0.15) is 0 Å². The number of fused-ring (bicyclic) bond motifs is 1. The van der Waals surface area contributed by atoms with Crippen molar-refractivity contribution in [1.29, 1.82) is 0 Å². The van der Waals surface area contributed by atoms with Crippen LogP contribution < -0.4 is 9.64 Å². The fraction of sp³-hybridized carbons (Fsp3) is 0.381. The molecule has 1 aromatic carbocycles. The standard InChI is InChI=1S/C21H24ClN3O4/c22-17-13-18-19(14-20(23-18)29-12-11-28-10-7-26)24-21(17)15-1-3-16(4-2-15)25-5-8-27-9-6-25/h1-4,13-14,23,26H,5-12H2. The van der Waals surface area contributed by atoms with Crippen molar-refractivity contribution in [3.63, 3.8) is 0 Å². The van der Waals surface area contributed by atoms with Crippen LogP contribution >= 0.6 is 11.6 Å². The van der Waals surface area contributed by atoms with Gasteiger partial charge in [-0.15, -0.1) is 0 Å². The number of anilines is 1. The molecular formula is C21H24ClN3O4. The van der Waals surface area contributed by atoms with Gasteiger partial charge >= 0.3 is 0 Å². The third-order valence-corrected chi connectivity index (χ3v) is 5.06. The zero-order chi connectivity index (χ0) is 20.1. The summed E-state index contributed by atoms with van der Waals surface area (Å²) in [6, 6.07) is 12.0. The van der Waals surface area contributed by atoms with E-state index < -0.39 is 0 Å². The minimum absolute atomic E-state index is 0.00497. The first-order valence-electron chi connectivity index (χ1n) is 9.68. The Kier molecular flexibility index (Phi) is 6.51. The smallest absolute Gasteiger partial charge is 0.193 e. The molecule has 29 heavy (non-hydrogen) atoms. The SMILES string of the molecule is OCCOCCOc1cc2nc(-c3ccc(N4CCOCC4)cc3)c(Cl)cc2[nH]1. The average Bonchev–Trinajstić information content (AvgIpc) is 3.15. The monoisotopic (exact) mass is 417 g/mol. The molecule has 0 atom stereocenters. The van der Waals surface area contributed by atoms with E-state index in [9.17, 15) is 0 Å². The highest BCUT2D eigenvalue weighted by Crippen LogP contribution is 2.32. The molecule has 1 aliphatic rings. The van der Waals surface area contributed by atoms with Crippen molar-refractivity contribution in [2.45, 2.75) is 0 Å². The molecule has 3 aromatic rings. The zero-order valence-corrected chi connectivity index (χ0v) is 16.8. The molecule has 0 amide bonds. The first-order chi connectivity index (χ1) is 14.2. The van der Waals surface area contributed by atoms with Crippen LogP contribution in [0.4, 0.5) is 5.69 Å². The molecule has 0 radical (unpaired) electrons. The number of ether oxygens (including phenoxy) is 3. The number of pyridine rings is 1. The first kappa shape index (κ1) is 20.0. The van der Waals surface area contributed by atoms with Crippen molar-refractivity contribution < 1.29 is 19.3 Å². The fourth-order valence-corrected chi connectivity index (χ4v) is 3.58. The van der Waals surface area contributed by atoms with Crippen molar-refractivity contribution >= 4 is 28.3 Å². The number of hydrogen-bond donors (Lipinski definition) is 2. The molecule has 2 aromatic heterocycles. The summed E-state index contributed by atoms with van der Waals surface area (Å²) in [5, 5.41) is 9.29. The van der Waals surface area contributed by atoms with Gasteiger partial charge in [0.2, 0.25) is 0 Å². The third kappa shape index (κ3) is 4.82. The second-order valence-electron chi connectivity index (χ2n) is 6.72. The lowest BCUT2D eigenvalue weighted by Crippen LogP contribution is -2.36. The highest BCUT2D eigenvalue weighted by atomic mass is 35.5. The number of aliphatic hydroxyl groups excluding tert-OH is 1. The summed E-state index contributed by atoms with van der Waals surface area (Å²) in [7, 11) is 0. The molecule has 0 bridgehead atoms. The van der Waals surface area contributed by atoms with Crippen molar-refractivity contribution in [2.24, 2.45) is 0 Å². The number of nitrogens with one attached hydrogen (secondary N) is 1. The highest BCUT2D eigenvalue weighted by molar-refractivity contribution is 6.33. The lowest BCUT2D eigenvalue weighted by atomic mass is 10.1. The van der Waals surface area contributed by atoms with Gasteiger partial charge in [-0.25, -0.2) is 4.98 Å². The summed E-state index contributed by atoms with van der Waals surface area (Å²) in [4.78, 5) is 10.2. The van der Waals surface area contributed by atoms with Crippen LogP contribution in [0.5, 0.6) is 5.88 Å². The van der Waals surface area contributed by atoms with E-state index in [2.05, 4.69) is 22.0 Å². The zero-order valence-electron chi connectivity index (χ0n) is 16.1. The van der Waals surface area contributed by atoms with E-state index in [1.54, 1.807) is 0 Å². The maximum absolute atomic E-state index is 8.71. The summed E-state index contributed by atoms with van der Waals surface area (Å²) in [5.74, 6) is 0.607. The Hall–Kier alpha value is -2.32. The second kappa shape index (κ2) is 9.45. The van der Waals surface area contributed by atoms with Crippen LogP contribution in [0.15, 0.2) is 36.4 Å². The van der Waals surface area contributed by atoms with Crippen molar-refractivity contribution in [3.05, 3.63) is 41.4 Å². The predicted molar refractivity (Wildman–Crippen MR) is 113 cm³/mol. The largest absolute Gasteiger partial charge is 0.476 e. The molecule has 0 spiro atoms. The van der Waals surface area contributed by atoms with Crippen LogP contribution in [0.3, 0.4) is 0 Å². The molecule has 2 N–H and O–H groups in total. The van der Waals surface area contributed by atoms with Gasteiger partial charge in [-0.3, -0.25) is 0 Å². The Bertz CT molecular complexity index is 939. The number of morpholine rings is 1. The molecule has 0 saturated carbocycles. The van der Waals surface area contributed by atoms with Gasteiger partial charge in [0.1, 0.15) is 6.61 Å². The number of hydrogen-bond acceptors (Lipinski definition) is 6. The Balaban J connectivity index is 1.49. The lowest BCUT2D eigenvalue weighted by Gasteiger charge is -2.28. The lowest BCUT2D eigenvalue weighted by molar-refractivity contribution is 0.0697. The topological polar surface area (TPSA) is 79.8 Å². The normalized spacial score (nSPS) is 14.5. The van der Waals surface area contributed by atoms with Crippen LogP contribution in [0.1, 0.15) is 0 Å². The molecule has 1 saturated heterocycles. The number of nitrogens with zero attached hydrogens (tertiary/aromatic N) is 2. The van der Waals surface area contributed by atoms with Gasteiger partial charge in [0.15, 0.2) is 5.88 Å². The van der Waals surface area contributed by atoms with Crippen LogP contribution in [0.2, 0.25) is 5.02 Å². The highest BCUT2D eigenvalue weighted by Gasteiger charge is 2.14. The Morgan fingerprint density at radius 1 is 1.10 bits per heavy atom. The van der Waals surface area contributed by atoms with E-state index in [1.807, 2.05) is 24.3 Å². The molecule has 0 aliphatic carbocycles. The van der Waals surface area contributed by atoms with Gasteiger partial charge in [0.25, 0.3) is 0 Å². The predicted octanol–water partition coefficient (Wildman–Crippen LogP) is 3.11. The number of rotatable bonds is 8. The van der Waals surface area contributed by atoms with E-state index in [0.29, 0.717) is 30.7 Å². The van der Waals surface area contributed by atoms with E-state index in [1.165, 1.54) is 5.69 Å². The number of halogens is 1. The molecule has 1 aliphatic heterocycles. The minimum atomic E-state index is 0.00497. The van der Waals surface area contributed by atoms with Gasteiger partial charge in [0, 0.05) is 30.4 Å². The Labute approximate surface area is 174 Å². The van der Waals surface area contributed by atoms with Crippen molar-refractivity contribution in [1.82, 2.24) is 9.97 Å². The number of aromatic nitrogens is 2. The van der Waals surface area contributed by atoms with Crippen molar-refractivity contribution in [3.8, 4) is 17.1 Å². The summed E-state index contributed by atoms with van der Waals surface area (Å²) in [6.45, 7) is 4.44.